The van der Waals surface area contributed by atoms with Crippen molar-refractivity contribution in [1.29, 1.82) is 0 Å². The summed E-state index contributed by atoms with van der Waals surface area (Å²) in [6, 6.07) is 9.96. The highest BCUT2D eigenvalue weighted by Gasteiger charge is 2.18. The minimum atomic E-state index is -0.788. The average molecular weight is 448 g/mol. The number of amides is 1. The van der Waals surface area contributed by atoms with Crippen molar-refractivity contribution in [1.82, 2.24) is 24.9 Å². The molecular weight excluding hydrogens is 430 g/mol. The molecule has 10 heteroatoms. The molecule has 8 nitrogen and oxygen atoms in total. The second kappa shape index (κ2) is 7.97. The summed E-state index contributed by atoms with van der Waals surface area (Å²) in [4.78, 5) is 25.8. The van der Waals surface area contributed by atoms with E-state index in [4.69, 9.17) is 4.42 Å². The Balaban J connectivity index is 1.44. The summed E-state index contributed by atoms with van der Waals surface area (Å²) in [5.41, 5.74) is 7.24. The topological polar surface area (TPSA) is 97.9 Å². The van der Waals surface area contributed by atoms with Crippen molar-refractivity contribution in [3.8, 4) is 11.5 Å². The van der Waals surface area contributed by atoms with Crippen LogP contribution in [0.15, 0.2) is 53.2 Å². The SMILES string of the molecule is CNn1cnc2c(C)nc3oc(-c4cccc(CNC(=O)c5cc(F)ccc5F)c4)nc3c21. The van der Waals surface area contributed by atoms with Crippen LogP contribution >= 0.6 is 0 Å². The maximum absolute atomic E-state index is 13.8. The maximum atomic E-state index is 13.8. The van der Waals surface area contributed by atoms with E-state index in [-0.39, 0.29) is 12.1 Å². The van der Waals surface area contributed by atoms with Gasteiger partial charge < -0.3 is 15.2 Å². The van der Waals surface area contributed by atoms with Crippen LogP contribution in [0.25, 0.3) is 33.7 Å². The molecular formula is C23H18F2N6O2. The van der Waals surface area contributed by atoms with Crippen molar-refractivity contribution in [2.45, 2.75) is 13.5 Å². The van der Waals surface area contributed by atoms with Crippen molar-refractivity contribution in [2.75, 3.05) is 12.5 Å². The molecule has 0 fully saturated rings. The summed E-state index contributed by atoms with van der Waals surface area (Å²) < 4.78 is 34.9. The maximum Gasteiger partial charge on any atom is 0.254 e. The van der Waals surface area contributed by atoms with Gasteiger partial charge in [-0.3, -0.25) is 4.79 Å². The molecule has 0 aliphatic rings. The van der Waals surface area contributed by atoms with Crippen LogP contribution in [0.1, 0.15) is 21.6 Å². The normalized spacial score (nSPS) is 11.3. The van der Waals surface area contributed by atoms with Gasteiger partial charge in [0.1, 0.15) is 29.0 Å². The average Bonchev–Trinajstić information content (AvgIpc) is 3.43. The van der Waals surface area contributed by atoms with E-state index in [0.717, 1.165) is 40.5 Å². The number of aryl methyl sites for hydroxylation is 1. The van der Waals surface area contributed by atoms with Gasteiger partial charge in [0.25, 0.3) is 5.91 Å². The third kappa shape index (κ3) is 3.65. The number of oxazole rings is 1. The fourth-order valence-electron chi connectivity index (χ4n) is 3.64. The Kier molecular flexibility index (Phi) is 4.97. The molecule has 0 saturated heterocycles. The number of nitrogens with zero attached hydrogens (tertiary/aromatic N) is 4. The first-order valence-corrected chi connectivity index (χ1v) is 10.1. The molecule has 1 amide bonds. The standard InChI is InChI=1S/C23H18F2N6O2/c1-12-18-20(31(26-2)11-28-18)19-23(29-12)33-22(30-19)14-5-3-4-13(8-14)10-27-21(32)16-9-15(24)6-7-17(16)25/h3-9,11,26H,10H2,1-2H3,(H,27,32). The van der Waals surface area contributed by atoms with Crippen LogP contribution in [-0.4, -0.2) is 32.6 Å². The molecule has 2 aromatic carbocycles. The summed E-state index contributed by atoms with van der Waals surface area (Å²) in [5, 5.41) is 2.60. The van der Waals surface area contributed by atoms with Gasteiger partial charge in [-0.15, -0.1) is 0 Å². The smallest absolute Gasteiger partial charge is 0.254 e. The minimum Gasteiger partial charge on any atom is -0.418 e. The number of aromatic nitrogens is 4. The number of carbonyl (C=O) groups is 1. The van der Waals surface area contributed by atoms with Crippen LogP contribution in [0.4, 0.5) is 8.78 Å². The summed E-state index contributed by atoms with van der Waals surface area (Å²) in [7, 11) is 1.77. The molecule has 0 aliphatic carbocycles. The van der Waals surface area contributed by atoms with Gasteiger partial charge >= 0.3 is 0 Å². The monoisotopic (exact) mass is 448 g/mol. The Morgan fingerprint density at radius 3 is 2.79 bits per heavy atom. The minimum absolute atomic E-state index is 0.108. The van der Waals surface area contributed by atoms with Gasteiger partial charge in [-0.2, -0.15) is 0 Å². The largest absolute Gasteiger partial charge is 0.418 e. The van der Waals surface area contributed by atoms with E-state index in [1.54, 1.807) is 36.3 Å². The summed E-state index contributed by atoms with van der Waals surface area (Å²) in [5.74, 6) is -1.82. The molecule has 0 saturated carbocycles. The highest BCUT2D eigenvalue weighted by molar-refractivity contribution is 6.00. The molecule has 0 bridgehead atoms. The molecule has 0 spiro atoms. The third-order valence-corrected chi connectivity index (χ3v) is 5.25. The first kappa shape index (κ1) is 20.6. The lowest BCUT2D eigenvalue weighted by atomic mass is 10.1. The predicted molar refractivity (Wildman–Crippen MR) is 118 cm³/mol. The Morgan fingerprint density at radius 2 is 1.97 bits per heavy atom. The van der Waals surface area contributed by atoms with Gasteiger partial charge in [-0.25, -0.2) is 28.4 Å². The van der Waals surface area contributed by atoms with Gasteiger partial charge in [0.05, 0.1) is 11.3 Å². The van der Waals surface area contributed by atoms with Crippen molar-refractivity contribution in [3.05, 3.63) is 77.2 Å². The van der Waals surface area contributed by atoms with Gasteiger partial charge in [0, 0.05) is 19.2 Å². The van der Waals surface area contributed by atoms with Crippen molar-refractivity contribution >= 4 is 28.2 Å². The van der Waals surface area contributed by atoms with Gasteiger partial charge in [-0.1, -0.05) is 12.1 Å². The Morgan fingerprint density at radius 1 is 1.12 bits per heavy atom. The fraction of sp³-hybridized carbons (Fsp3) is 0.130. The number of pyridine rings is 1. The number of nitrogens with one attached hydrogen (secondary N) is 2. The first-order valence-electron chi connectivity index (χ1n) is 10.1. The van der Waals surface area contributed by atoms with E-state index < -0.39 is 17.5 Å². The molecule has 5 aromatic rings. The Bertz CT molecular complexity index is 1520. The lowest BCUT2D eigenvalue weighted by Crippen LogP contribution is -2.24. The molecule has 3 aromatic heterocycles. The number of hydrogen-bond donors (Lipinski definition) is 2. The molecule has 0 atom stereocenters. The summed E-state index contributed by atoms with van der Waals surface area (Å²) in [6.45, 7) is 1.96. The quantitative estimate of drug-likeness (QED) is 0.423. The zero-order valence-electron chi connectivity index (χ0n) is 17.7. The van der Waals surface area contributed by atoms with Gasteiger partial charge in [0.15, 0.2) is 5.52 Å². The molecule has 33 heavy (non-hydrogen) atoms. The number of benzene rings is 2. The van der Waals surface area contributed by atoms with Crippen molar-refractivity contribution < 1.29 is 18.0 Å². The van der Waals surface area contributed by atoms with E-state index in [1.807, 2.05) is 13.0 Å². The summed E-state index contributed by atoms with van der Waals surface area (Å²) in [6.07, 6.45) is 1.65. The lowest BCUT2D eigenvalue weighted by Gasteiger charge is -2.07. The van der Waals surface area contributed by atoms with Gasteiger partial charge in [0.2, 0.25) is 11.6 Å². The number of rotatable bonds is 5. The zero-order chi connectivity index (χ0) is 23.1. The van der Waals surface area contributed by atoms with E-state index in [1.165, 1.54) is 0 Å². The molecule has 3 heterocycles. The number of carbonyl (C=O) groups excluding carboxylic acids is 1. The van der Waals surface area contributed by atoms with Crippen LogP contribution in [0, 0.1) is 18.6 Å². The first-order chi connectivity index (χ1) is 15.9. The molecule has 2 N–H and O–H groups in total. The van der Waals surface area contributed by atoms with Crippen LogP contribution < -0.4 is 10.7 Å². The van der Waals surface area contributed by atoms with Gasteiger partial charge in [-0.05, 0) is 42.8 Å². The van der Waals surface area contributed by atoms with Crippen LogP contribution in [0.3, 0.4) is 0 Å². The highest BCUT2D eigenvalue weighted by Crippen LogP contribution is 2.29. The van der Waals surface area contributed by atoms with E-state index >= 15 is 0 Å². The Labute approximate surface area is 186 Å². The van der Waals surface area contributed by atoms with Crippen molar-refractivity contribution in [2.24, 2.45) is 0 Å². The second-order valence-corrected chi connectivity index (χ2v) is 7.41. The van der Waals surface area contributed by atoms with E-state index in [0.29, 0.717) is 22.7 Å². The van der Waals surface area contributed by atoms with Crippen LogP contribution in [-0.2, 0) is 6.54 Å². The summed E-state index contributed by atoms with van der Waals surface area (Å²) >= 11 is 0. The number of fused-ring (bicyclic) bond motifs is 3. The molecule has 166 valence electrons. The number of hydrogen-bond acceptors (Lipinski definition) is 6. The number of imidazole rings is 1. The van der Waals surface area contributed by atoms with Crippen LogP contribution in [0.2, 0.25) is 0 Å². The van der Waals surface area contributed by atoms with Crippen LogP contribution in [0.5, 0.6) is 0 Å². The highest BCUT2D eigenvalue weighted by atomic mass is 19.1. The van der Waals surface area contributed by atoms with Crippen molar-refractivity contribution in [3.63, 3.8) is 0 Å². The molecule has 0 unspecified atom stereocenters. The second-order valence-electron chi connectivity index (χ2n) is 7.41. The molecule has 0 radical (unpaired) electrons. The third-order valence-electron chi connectivity index (χ3n) is 5.25. The number of halogens is 2. The van der Waals surface area contributed by atoms with E-state index in [9.17, 15) is 13.6 Å². The molecule has 5 rings (SSSR count). The Hall–Kier alpha value is -4.34. The van der Waals surface area contributed by atoms with E-state index in [2.05, 4.69) is 25.7 Å². The lowest BCUT2D eigenvalue weighted by molar-refractivity contribution is 0.0946. The zero-order valence-corrected chi connectivity index (χ0v) is 17.7. The molecule has 0 aliphatic heterocycles. The predicted octanol–water partition coefficient (Wildman–Crippen LogP) is 3.93. The fourth-order valence-corrected chi connectivity index (χ4v) is 3.64.